The lowest BCUT2D eigenvalue weighted by Gasteiger charge is -2.22. The molecule has 6 heteroatoms. The van der Waals surface area contributed by atoms with Gasteiger partial charge in [-0.1, -0.05) is 0 Å². The Kier molecular flexibility index (Phi) is 6.89. The first kappa shape index (κ1) is 16.7. The van der Waals surface area contributed by atoms with Crippen molar-refractivity contribution in [3.63, 3.8) is 0 Å². The summed E-state index contributed by atoms with van der Waals surface area (Å²) in [5, 5.41) is 3.31. The van der Waals surface area contributed by atoms with E-state index >= 15 is 0 Å². The standard InChI is InChI=1S/C15H21F2NO2S/c1-19-7-4-18-10-11-8-13(16)15(14(17)9-11)21-12-2-5-20-6-3-12/h8-9,12,18H,2-7,10H2,1H3. The zero-order chi connectivity index (χ0) is 15.1. The van der Waals surface area contributed by atoms with E-state index in [-0.39, 0.29) is 10.1 Å². The normalized spacial score (nSPS) is 16.3. The number of hydrogen-bond donors (Lipinski definition) is 1. The van der Waals surface area contributed by atoms with Gasteiger partial charge in [0.1, 0.15) is 11.6 Å². The van der Waals surface area contributed by atoms with Gasteiger partial charge in [-0.05, 0) is 30.5 Å². The molecule has 1 aromatic rings. The van der Waals surface area contributed by atoms with Crippen molar-refractivity contribution in [1.82, 2.24) is 5.32 Å². The Hall–Kier alpha value is -0.690. The SMILES string of the molecule is COCCNCc1cc(F)c(SC2CCOCC2)c(F)c1. The lowest BCUT2D eigenvalue weighted by atomic mass is 10.2. The Morgan fingerprint density at radius 2 is 1.95 bits per heavy atom. The molecule has 1 saturated heterocycles. The number of thioether (sulfide) groups is 1. The molecule has 0 radical (unpaired) electrons. The van der Waals surface area contributed by atoms with Crippen LogP contribution in [-0.2, 0) is 16.0 Å². The third-order valence-electron chi connectivity index (χ3n) is 3.32. The average Bonchev–Trinajstić information content (AvgIpc) is 2.48. The summed E-state index contributed by atoms with van der Waals surface area (Å²) in [6.45, 7) is 2.99. The summed E-state index contributed by atoms with van der Waals surface area (Å²) >= 11 is 1.29. The fourth-order valence-corrected chi connectivity index (χ4v) is 3.30. The number of hydrogen-bond acceptors (Lipinski definition) is 4. The van der Waals surface area contributed by atoms with Crippen molar-refractivity contribution in [3.8, 4) is 0 Å². The predicted molar refractivity (Wildman–Crippen MR) is 79.6 cm³/mol. The Morgan fingerprint density at radius 1 is 1.29 bits per heavy atom. The molecule has 0 aromatic heterocycles. The van der Waals surface area contributed by atoms with Gasteiger partial charge in [0.15, 0.2) is 0 Å². The molecular weight excluding hydrogens is 296 g/mol. The molecule has 21 heavy (non-hydrogen) atoms. The van der Waals surface area contributed by atoms with Crippen LogP contribution in [0, 0.1) is 11.6 Å². The van der Waals surface area contributed by atoms with E-state index in [0.29, 0.717) is 38.5 Å². The van der Waals surface area contributed by atoms with Gasteiger partial charge in [0.05, 0.1) is 11.5 Å². The number of nitrogens with one attached hydrogen (secondary N) is 1. The maximum Gasteiger partial charge on any atom is 0.140 e. The largest absolute Gasteiger partial charge is 0.383 e. The van der Waals surface area contributed by atoms with Gasteiger partial charge in [0.25, 0.3) is 0 Å². The van der Waals surface area contributed by atoms with Crippen LogP contribution in [0.15, 0.2) is 17.0 Å². The first-order valence-electron chi connectivity index (χ1n) is 7.12. The maximum atomic E-state index is 14.1. The highest BCUT2D eigenvalue weighted by Crippen LogP contribution is 2.33. The molecule has 1 fully saturated rings. The molecule has 0 unspecified atom stereocenters. The summed E-state index contributed by atoms with van der Waals surface area (Å²) in [7, 11) is 1.61. The minimum atomic E-state index is -0.477. The molecule has 0 spiro atoms. The highest BCUT2D eigenvalue weighted by molar-refractivity contribution is 8.00. The van der Waals surface area contributed by atoms with Crippen molar-refractivity contribution in [2.45, 2.75) is 29.5 Å². The van der Waals surface area contributed by atoms with Crippen LogP contribution in [-0.4, -0.2) is 38.7 Å². The van der Waals surface area contributed by atoms with Crippen molar-refractivity contribution < 1.29 is 18.3 Å². The van der Waals surface area contributed by atoms with Gasteiger partial charge in [0, 0.05) is 38.7 Å². The fourth-order valence-electron chi connectivity index (χ4n) is 2.19. The molecule has 0 bridgehead atoms. The smallest absolute Gasteiger partial charge is 0.140 e. The molecule has 1 aliphatic heterocycles. The van der Waals surface area contributed by atoms with Gasteiger partial charge in [-0.25, -0.2) is 8.78 Å². The van der Waals surface area contributed by atoms with Crippen LogP contribution < -0.4 is 5.32 Å². The molecule has 1 aliphatic rings. The number of methoxy groups -OCH3 is 1. The fraction of sp³-hybridized carbons (Fsp3) is 0.600. The summed E-state index contributed by atoms with van der Waals surface area (Å²) in [5.41, 5.74) is 0.609. The molecule has 1 N–H and O–H groups in total. The van der Waals surface area contributed by atoms with E-state index in [2.05, 4.69) is 5.32 Å². The molecule has 1 heterocycles. The summed E-state index contributed by atoms with van der Waals surface area (Å²) < 4.78 is 38.4. The van der Waals surface area contributed by atoms with Gasteiger partial charge in [-0.15, -0.1) is 11.8 Å². The molecule has 1 aromatic carbocycles. The summed E-state index contributed by atoms with van der Waals surface area (Å²) in [4.78, 5) is 0.127. The number of benzene rings is 1. The molecule has 2 rings (SSSR count). The minimum Gasteiger partial charge on any atom is -0.383 e. The van der Waals surface area contributed by atoms with Gasteiger partial charge in [-0.3, -0.25) is 0 Å². The highest BCUT2D eigenvalue weighted by Gasteiger charge is 2.20. The Labute approximate surface area is 128 Å². The van der Waals surface area contributed by atoms with Crippen LogP contribution in [0.3, 0.4) is 0 Å². The summed E-state index contributed by atoms with van der Waals surface area (Å²) in [6, 6.07) is 2.81. The molecule has 3 nitrogen and oxygen atoms in total. The van der Waals surface area contributed by atoms with E-state index in [1.165, 1.54) is 23.9 Å². The van der Waals surface area contributed by atoms with Crippen molar-refractivity contribution in [1.29, 1.82) is 0 Å². The monoisotopic (exact) mass is 317 g/mol. The Bertz CT molecular complexity index is 430. The zero-order valence-corrected chi connectivity index (χ0v) is 13.0. The number of halogens is 2. The van der Waals surface area contributed by atoms with Crippen LogP contribution in [0.5, 0.6) is 0 Å². The molecule has 0 amide bonds. The second-order valence-corrected chi connectivity index (χ2v) is 6.30. The van der Waals surface area contributed by atoms with Gasteiger partial charge in [-0.2, -0.15) is 0 Å². The predicted octanol–water partition coefficient (Wildman–Crippen LogP) is 2.97. The number of ether oxygens (including phenoxy) is 2. The minimum absolute atomic E-state index is 0.127. The van der Waals surface area contributed by atoms with E-state index in [0.717, 1.165) is 12.8 Å². The molecular formula is C15H21F2NO2S. The van der Waals surface area contributed by atoms with Crippen molar-refractivity contribution in [3.05, 3.63) is 29.3 Å². The second kappa shape index (κ2) is 8.68. The van der Waals surface area contributed by atoms with Crippen LogP contribution in [0.4, 0.5) is 8.78 Å². The molecule has 0 saturated carbocycles. The Balaban J connectivity index is 1.95. The van der Waals surface area contributed by atoms with E-state index in [4.69, 9.17) is 9.47 Å². The van der Waals surface area contributed by atoms with Gasteiger partial charge >= 0.3 is 0 Å². The van der Waals surface area contributed by atoms with Crippen LogP contribution in [0.1, 0.15) is 18.4 Å². The topological polar surface area (TPSA) is 30.5 Å². The summed E-state index contributed by atoms with van der Waals surface area (Å²) in [6.07, 6.45) is 1.67. The van der Waals surface area contributed by atoms with Crippen LogP contribution >= 0.6 is 11.8 Å². The molecule has 0 atom stereocenters. The third kappa shape index (κ3) is 5.21. The van der Waals surface area contributed by atoms with Crippen molar-refractivity contribution >= 4 is 11.8 Å². The van der Waals surface area contributed by atoms with E-state index in [1.54, 1.807) is 7.11 Å². The van der Waals surface area contributed by atoms with E-state index in [9.17, 15) is 8.78 Å². The average molecular weight is 317 g/mol. The van der Waals surface area contributed by atoms with Gasteiger partial charge < -0.3 is 14.8 Å². The van der Waals surface area contributed by atoms with Crippen molar-refractivity contribution in [2.75, 3.05) is 33.5 Å². The first-order chi connectivity index (χ1) is 10.2. The quantitative estimate of drug-likeness (QED) is 0.783. The summed E-state index contributed by atoms with van der Waals surface area (Å²) in [5.74, 6) is -0.954. The van der Waals surface area contributed by atoms with Crippen LogP contribution in [0.25, 0.3) is 0 Å². The second-order valence-electron chi connectivity index (χ2n) is 4.99. The maximum absolute atomic E-state index is 14.1. The van der Waals surface area contributed by atoms with E-state index in [1.807, 2.05) is 0 Å². The first-order valence-corrected chi connectivity index (χ1v) is 8.00. The Morgan fingerprint density at radius 3 is 2.57 bits per heavy atom. The molecule has 118 valence electrons. The lowest BCUT2D eigenvalue weighted by Crippen LogP contribution is -2.19. The van der Waals surface area contributed by atoms with Crippen molar-refractivity contribution in [2.24, 2.45) is 0 Å². The van der Waals surface area contributed by atoms with Gasteiger partial charge in [0.2, 0.25) is 0 Å². The zero-order valence-electron chi connectivity index (χ0n) is 12.2. The highest BCUT2D eigenvalue weighted by atomic mass is 32.2. The third-order valence-corrected chi connectivity index (χ3v) is 4.75. The van der Waals surface area contributed by atoms with E-state index < -0.39 is 11.6 Å². The molecule has 0 aliphatic carbocycles. The number of rotatable bonds is 7. The van der Waals surface area contributed by atoms with Crippen LogP contribution in [0.2, 0.25) is 0 Å². The lowest BCUT2D eigenvalue weighted by molar-refractivity contribution is 0.1000.